The second kappa shape index (κ2) is 10.2. The standard InChI is InChI=1S/C21H23F2N3O5/c1-30-18-11-16(17(26(28)29)12-19(18)31-21(22)23)20(27)24-15-7-9-25(10-8-15)13-14-5-3-2-4-6-14/h2-6,11-12,15,21H,7-10,13H2,1H3,(H,24,27). The van der Waals surface area contributed by atoms with Crippen LogP contribution >= 0.6 is 0 Å². The van der Waals surface area contributed by atoms with E-state index >= 15 is 0 Å². The molecule has 0 atom stereocenters. The summed E-state index contributed by atoms with van der Waals surface area (Å²) in [7, 11) is 1.20. The number of hydrogen-bond acceptors (Lipinski definition) is 6. The third-order valence-electron chi connectivity index (χ3n) is 5.11. The van der Waals surface area contributed by atoms with Gasteiger partial charge in [-0.15, -0.1) is 0 Å². The quantitative estimate of drug-likeness (QED) is 0.503. The Balaban J connectivity index is 1.66. The van der Waals surface area contributed by atoms with Crippen LogP contribution in [-0.4, -0.2) is 48.6 Å². The first kappa shape index (κ1) is 22.4. The molecule has 2 aromatic rings. The van der Waals surface area contributed by atoms with Crippen LogP contribution in [-0.2, 0) is 6.54 Å². The second-order valence-electron chi connectivity index (χ2n) is 7.17. The van der Waals surface area contributed by atoms with Crippen LogP contribution in [0.25, 0.3) is 0 Å². The van der Waals surface area contributed by atoms with Gasteiger partial charge in [-0.1, -0.05) is 30.3 Å². The van der Waals surface area contributed by atoms with Gasteiger partial charge < -0.3 is 14.8 Å². The molecule has 3 rings (SSSR count). The van der Waals surface area contributed by atoms with Crippen LogP contribution in [0.15, 0.2) is 42.5 Å². The molecular formula is C21H23F2N3O5. The number of alkyl halides is 2. The zero-order valence-electron chi connectivity index (χ0n) is 16.9. The average molecular weight is 435 g/mol. The lowest BCUT2D eigenvalue weighted by atomic mass is 10.0. The van der Waals surface area contributed by atoms with Crippen LogP contribution in [0.2, 0.25) is 0 Å². The van der Waals surface area contributed by atoms with E-state index in [9.17, 15) is 23.7 Å². The zero-order chi connectivity index (χ0) is 22.4. The number of piperidine rings is 1. The number of hydrogen-bond donors (Lipinski definition) is 1. The van der Waals surface area contributed by atoms with Gasteiger partial charge in [-0.3, -0.25) is 19.8 Å². The first-order valence-corrected chi connectivity index (χ1v) is 9.75. The fraction of sp³-hybridized carbons (Fsp3) is 0.381. The molecule has 1 fully saturated rings. The van der Waals surface area contributed by atoms with Crippen molar-refractivity contribution >= 4 is 11.6 Å². The first-order chi connectivity index (χ1) is 14.9. The number of nitrogens with zero attached hydrogens (tertiary/aromatic N) is 2. The van der Waals surface area contributed by atoms with Crippen molar-refractivity contribution in [2.45, 2.75) is 32.0 Å². The molecule has 0 radical (unpaired) electrons. The van der Waals surface area contributed by atoms with E-state index in [1.54, 1.807) is 0 Å². The summed E-state index contributed by atoms with van der Waals surface area (Å²) in [5.74, 6) is -1.35. The highest BCUT2D eigenvalue weighted by Crippen LogP contribution is 2.35. The zero-order valence-corrected chi connectivity index (χ0v) is 16.9. The van der Waals surface area contributed by atoms with Crippen molar-refractivity contribution in [1.29, 1.82) is 0 Å². The van der Waals surface area contributed by atoms with Gasteiger partial charge in [0, 0.05) is 31.7 Å². The lowest BCUT2D eigenvalue weighted by Gasteiger charge is -2.32. The molecule has 1 N–H and O–H groups in total. The molecule has 10 heteroatoms. The van der Waals surface area contributed by atoms with Crippen LogP contribution < -0.4 is 14.8 Å². The minimum Gasteiger partial charge on any atom is -0.493 e. The Labute approximate surface area is 177 Å². The number of nitrogens with one attached hydrogen (secondary N) is 1. The molecule has 0 aromatic heterocycles. The number of halogens is 2. The number of methoxy groups -OCH3 is 1. The normalized spacial score (nSPS) is 15.0. The highest BCUT2D eigenvalue weighted by Gasteiger charge is 2.28. The van der Waals surface area contributed by atoms with Gasteiger partial charge in [0.15, 0.2) is 11.5 Å². The van der Waals surface area contributed by atoms with Crippen LogP contribution in [0.3, 0.4) is 0 Å². The van der Waals surface area contributed by atoms with Gasteiger partial charge in [0.1, 0.15) is 5.56 Å². The van der Waals surface area contributed by atoms with Crippen molar-refractivity contribution in [3.63, 3.8) is 0 Å². The summed E-state index contributed by atoms with van der Waals surface area (Å²) in [4.78, 5) is 25.6. The van der Waals surface area contributed by atoms with Gasteiger partial charge in [-0.25, -0.2) is 0 Å². The monoisotopic (exact) mass is 435 g/mol. The molecule has 1 aliphatic heterocycles. The summed E-state index contributed by atoms with van der Waals surface area (Å²) in [5.41, 5.74) is 0.310. The maximum Gasteiger partial charge on any atom is 0.387 e. The van der Waals surface area contributed by atoms with Gasteiger partial charge in [-0.05, 0) is 18.4 Å². The number of nitro groups is 1. The molecule has 1 aliphatic rings. The van der Waals surface area contributed by atoms with Crippen molar-refractivity contribution in [1.82, 2.24) is 10.2 Å². The van der Waals surface area contributed by atoms with Crippen LogP contribution in [0.5, 0.6) is 11.5 Å². The van der Waals surface area contributed by atoms with E-state index in [0.717, 1.165) is 31.8 Å². The van der Waals surface area contributed by atoms with Gasteiger partial charge >= 0.3 is 6.61 Å². The molecule has 31 heavy (non-hydrogen) atoms. The topological polar surface area (TPSA) is 93.9 Å². The largest absolute Gasteiger partial charge is 0.493 e. The molecule has 0 aliphatic carbocycles. The fourth-order valence-corrected chi connectivity index (χ4v) is 3.57. The van der Waals surface area contributed by atoms with Crippen molar-refractivity contribution in [2.75, 3.05) is 20.2 Å². The summed E-state index contributed by atoms with van der Waals surface area (Å²) in [6.07, 6.45) is 1.38. The Kier molecular flexibility index (Phi) is 7.35. The molecule has 1 heterocycles. The van der Waals surface area contributed by atoms with Crippen molar-refractivity contribution in [2.24, 2.45) is 0 Å². The molecule has 0 bridgehead atoms. The van der Waals surface area contributed by atoms with E-state index in [1.807, 2.05) is 18.2 Å². The highest BCUT2D eigenvalue weighted by molar-refractivity contribution is 5.99. The van der Waals surface area contributed by atoms with E-state index < -0.39 is 28.9 Å². The summed E-state index contributed by atoms with van der Waals surface area (Å²) >= 11 is 0. The van der Waals surface area contributed by atoms with Crippen LogP contribution in [0.1, 0.15) is 28.8 Å². The summed E-state index contributed by atoms with van der Waals surface area (Å²) in [6.45, 7) is -0.830. The van der Waals surface area contributed by atoms with Crippen molar-refractivity contribution < 1.29 is 28.0 Å². The Bertz CT molecular complexity index is 919. The molecule has 8 nitrogen and oxygen atoms in total. The summed E-state index contributed by atoms with van der Waals surface area (Å²) in [6, 6.07) is 11.7. The Morgan fingerprint density at radius 1 is 1.23 bits per heavy atom. The molecule has 0 saturated carbocycles. The predicted octanol–water partition coefficient (Wildman–Crippen LogP) is 3.60. The van der Waals surface area contributed by atoms with Crippen LogP contribution in [0, 0.1) is 10.1 Å². The molecule has 0 unspecified atom stereocenters. The minimum atomic E-state index is -3.19. The SMILES string of the molecule is COc1cc(C(=O)NC2CCN(Cc3ccccc3)CC2)c([N+](=O)[O-])cc1OC(F)F. The smallest absolute Gasteiger partial charge is 0.387 e. The van der Waals surface area contributed by atoms with Gasteiger partial charge in [0.05, 0.1) is 18.1 Å². The number of carbonyl (C=O) groups excluding carboxylic acids is 1. The van der Waals surface area contributed by atoms with E-state index in [2.05, 4.69) is 27.1 Å². The lowest BCUT2D eigenvalue weighted by molar-refractivity contribution is -0.385. The molecule has 0 spiro atoms. The lowest BCUT2D eigenvalue weighted by Crippen LogP contribution is -2.44. The van der Waals surface area contributed by atoms with Gasteiger partial charge in [0.2, 0.25) is 0 Å². The molecular weight excluding hydrogens is 412 g/mol. The molecule has 166 valence electrons. The van der Waals surface area contributed by atoms with Gasteiger partial charge in [-0.2, -0.15) is 8.78 Å². The highest BCUT2D eigenvalue weighted by atomic mass is 19.3. The number of rotatable bonds is 8. The third-order valence-corrected chi connectivity index (χ3v) is 5.11. The van der Waals surface area contributed by atoms with Gasteiger partial charge in [0.25, 0.3) is 11.6 Å². The van der Waals surface area contributed by atoms with E-state index in [-0.39, 0.29) is 17.4 Å². The Morgan fingerprint density at radius 3 is 2.48 bits per heavy atom. The van der Waals surface area contributed by atoms with E-state index in [1.165, 1.54) is 12.7 Å². The number of carbonyl (C=O) groups is 1. The number of ether oxygens (including phenoxy) is 2. The first-order valence-electron chi connectivity index (χ1n) is 9.75. The van der Waals surface area contributed by atoms with E-state index in [4.69, 9.17) is 4.74 Å². The second-order valence-corrected chi connectivity index (χ2v) is 7.17. The number of likely N-dealkylation sites (tertiary alicyclic amines) is 1. The predicted molar refractivity (Wildman–Crippen MR) is 108 cm³/mol. The minimum absolute atomic E-state index is 0.151. The number of amides is 1. The van der Waals surface area contributed by atoms with Crippen LogP contribution in [0.4, 0.5) is 14.5 Å². The Morgan fingerprint density at radius 2 is 1.90 bits per heavy atom. The third kappa shape index (κ3) is 5.88. The number of nitro benzene ring substituents is 1. The average Bonchev–Trinajstić information content (AvgIpc) is 2.75. The fourth-order valence-electron chi connectivity index (χ4n) is 3.57. The molecule has 2 aromatic carbocycles. The van der Waals surface area contributed by atoms with E-state index in [0.29, 0.717) is 12.8 Å². The number of benzene rings is 2. The molecule has 1 amide bonds. The maximum atomic E-state index is 12.7. The Hall–Kier alpha value is -3.27. The maximum absolute atomic E-state index is 12.7. The van der Waals surface area contributed by atoms with Crippen molar-refractivity contribution in [3.05, 3.63) is 63.7 Å². The van der Waals surface area contributed by atoms with Crippen molar-refractivity contribution in [3.8, 4) is 11.5 Å². The molecule has 1 saturated heterocycles. The summed E-state index contributed by atoms with van der Waals surface area (Å²) in [5, 5.41) is 14.2. The summed E-state index contributed by atoms with van der Waals surface area (Å²) < 4.78 is 34.4.